The van der Waals surface area contributed by atoms with Gasteiger partial charge >= 0.3 is 0 Å². The summed E-state index contributed by atoms with van der Waals surface area (Å²) < 4.78 is 0. The van der Waals surface area contributed by atoms with Crippen LogP contribution < -0.4 is 16.0 Å². The van der Waals surface area contributed by atoms with Crippen LogP contribution >= 0.6 is 0 Å². The summed E-state index contributed by atoms with van der Waals surface area (Å²) in [5, 5.41) is 11.1. The molecule has 1 aromatic rings. The van der Waals surface area contributed by atoms with Crippen molar-refractivity contribution < 1.29 is 19.5 Å². The average molecular weight is 303 g/mol. The summed E-state index contributed by atoms with van der Waals surface area (Å²) in [4.78, 5) is 35.1. The zero-order valence-electron chi connectivity index (χ0n) is 12.4. The van der Waals surface area contributed by atoms with Gasteiger partial charge in [0, 0.05) is 23.4 Å². The SMILES string of the molecule is Cc1cccc(C(=O)NNC(=O)[C@@H]2CCCC[C@H]2C(=O)[O-])c1. The lowest BCUT2D eigenvalue weighted by atomic mass is 9.79. The summed E-state index contributed by atoms with van der Waals surface area (Å²) in [6.45, 7) is 1.86. The van der Waals surface area contributed by atoms with Gasteiger partial charge in [-0.3, -0.25) is 20.4 Å². The molecule has 2 N–H and O–H groups in total. The Kier molecular flexibility index (Phi) is 5.14. The Morgan fingerprint density at radius 2 is 1.77 bits per heavy atom. The summed E-state index contributed by atoms with van der Waals surface area (Å²) >= 11 is 0. The van der Waals surface area contributed by atoms with Crippen LogP contribution in [0.3, 0.4) is 0 Å². The van der Waals surface area contributed by atoms with Gasteiger partial charge < -0.3 is 9.90 Å². The van der Waals surface area contributed by atoms with Crippen molar-refractivity contribution in [2.45, 2.75) is 32.6 Å². The van der Waals surface area contributed by atoms with Crippen LogP contribution in [0, 0.1) is 18.8 Å². The maximum Gasteiger partial charge on any atom is 0.269 e. The molecule has 118 valence electrons. The van der Waals surface area contributed by atoms with E-state index in [2.05, 4.69) is 10.9 Å². The normalized spacial score (nSPS) is 21.0. The molecule has 1 saturated carbocycles. The van der Waals surface area contributed by atoms with E-state index < -0.39 is 29.6 Å². The first-order chi connectivity index (χ1) is 10.5. The average Bonchev–Trinajstić information content (AvgIpc) is 2.52. The molecule has 2 amide bonds. The fourth-order valence-corrected chi connectivity index (χ4v) is 2.80. The Bertz CT molecular complexity index is 585. The lowest BCUT2D eigenvalue weighted by molar-refractivity contribution is -0.314. The number of carboxylic acids is 1. The second-order valence-corrected chi connectivity index (χ2v) is 5.63. The molecule has 0 bridgehead atoms. The molecule has 0 radical (unpaired) electrons. The van der Waals surface area contributed by atoms with Crippen LogP contribution in [-0.4, -0.2) is 17.8 Å². The quantitative estimate of drug-likeness (QED) is 0.785. The molecule has 0 heterocycles. The first kappa shape index (κ1) is 16.0. The zero-order chi connectivity index (χ0) is 16.1. The minimum atomic E-state index is -1.20. The fourth-order valence-electron chi connectivity index (χ4n) is 2.80. The van der Waals surface area contributed by atoms with Crippen molar-refractivity contribution in [3.05, 3.63) is 35.4 Å². The Balaban J connectivity index is 1.94. The Morgan fingerprint density at radius 3 is 2.41 bits per heavy atom. The summed E-state index contributed by atoms with van der Waals surface area (Å²) in [6, 6.07) is 6.95. The van der Waals surface area contributed by atoms with E-state index in [0.717, 1.165) is 18.4 Å². The Labute approximate surface area is 128 Å². The predicted molar refractivity (Wildman–Crippen MR) is 77.2 cm³/mol. The van der Waals surface area contributed by atoms with Gasteiger partial charge in [-0.2, -0.15) is 0 Å². The van der Waals surface area contributed by atoms with Crippen molar-refractivity contribution in [2.75, 3.05) is 0 Å². The molecule has 1 aliphatic carbocycles. The van der Waals surface area contributed by atoms with Crippen molar-refractivity contribution in [1.29, 1.82) is 0 Å². The van der Waals surface area contributed by atoms with Gasteiger partial charge in [0.05, 0.1) is 0 Å². The van der Waals surface area contributed by atoms with E-state index in [4.69, 9.17) is 0 Å². The third kappa shape index (κ3) is 3.84. The number of carboxylic acid groups (broad SMARTS) is 1. The standard InChI is InChI=1S/C16H20N2O4/c1-10-5-4-6-11(9-10)14(19)17-18-15(20)12-7-2-3-8-13(12)16(21)22/h4-6,9,12-13H,2-3,7-8H2,1H3,(H,17,19)(H,18,20)(H,21,22)/p-1/t12-,13-/m1/s1. The van der Waals surface area contributed by atoms with Crippen LogP contribution in [0.2, 0.25) is 0 Å². The van der Waals surface area contributed by atoms with Gasteiger partial charge in [-0.05, 0) is 31.9 Å². The highest BCUT2D eigenvalue weighted by atomic mass is 16.4. The monoisotopic (exact) mass is 303 g/mol. The van der Waals surface area contributed by atoms with Crippen LogP contribution in [0.15, 0.2) is 24.3 Å². The Morgan fingerprint density at radius 1 is 1.09 bits per heavy atom. The van der Waals surface area contributed by atoms with Gasteiger partial charge in [-0.15, -0.1) is 0 Å². The molecular formula is C16H19N2O4-. The number of hydrogen-bond donors (Lipinski definition) is 2. The van der Waals surface area contributed by atoms with Gasteiger partial charge in [0.25, 0.3) is 5.91 Å². The number of nitrogens with one attached hydrogen (secondary N) is 2. The first-order valence-corrected chi connectivity index (χ1v) is 7.37. The minimum absolute atomic E-state index is 0.431. The molecular weight excluding hydrogens is 284 g/mol. The van der Waals surface area contributed by atoms with Crippen LogP contribution in [0.25, 0.3) is 0 Å². The van der Waals surface area contributed by atoms with Crippen LogP contribution in [0.4, 0.5) is 0 Å². The number of amides is 2. The maximum atomic E-state index is 12.1. The maximum absolute atomic E-state index is 12.1. The number of rotatable bonds is 3. The number of aryl methyl sites for hydroxylation is 1. The van der Waals surface area contributed by atoms with E-state index in [-0.39, 0.29) is 0 Å². The number of carbonyl (C=O) groups is 3. The highest BCUT2D eigenvalue weighted by molar-refractivity contribution is 5.96. The lowest BCUT2D eigenvalue weighted by Gasteiger charge is -2.31. The van der Waals surface area contributed by atoms with Crippen molar-refractivity contribution in [1.82, 2.24) is 10.9 Å². The number of benzene rings is 1. The molecule has 1 aromatic carbocycles. The van der Waals surface area contributed by atoms with Crippen molar-refractivity contribution in [2.24, 2.45) is 11.8 Å². The molecule has 1 fully saturated rings. The van der Waals surface area contributed by atoms with E-state index in [0.29, 0.717) is 18.4 Å². The minimum Gasteiger partial charge on any atom is -0.550 e. The molecule has 2 atom stereocenters. The fraction of sp³-hybridized carbons (Fsp3) is 0.438. The first-order valence-electron chi connectivity index (χ1n) is 7.37. The van der Waals surface area contributed by atoms with E-state index in [1.807, 2.05) is 13.0 Å². The number of carbonyl (C=O) groups excluding carboxylic acids is 3. The number of aliphatic carboxylic acids is 1. The molecule has 2 rings (SSSR count). The van der Waals surface area contributed by atoms with Crippen molar-refractivity contribution >= 4 is 17.8 Å². The van der Waals surface area contributed by atoms with Gasteiger partial charge in [-0.1, -0.05) is 30.5 Å². The highest BCUT2D eigenvalue weighted by Gasteiger charge is 2.31. The van der Waals surface area contributed by atoms with E-state index in [1.165, 1.54) is 0 Å². The molecule has 22 heavy (non-hydrogen) atoms. The van der Waals surface area contributed by atoms with E-state index >= 15 is 0 Å². The molecule has 0 aromatic heterocycles. The molecule has 0 aliphatic heterocycles. The largest absolute Gasteiger partial charge is 0.550 e. The lowest BCUT2D eigenvalue weighted by Crippen LogP contribution is -2.49. The summed E-state index contributed by atoms with van der Waals surface area (Å²) in [7, 11) is 0. The molecule has 0 spiro atoms. The Hall–Kier alpha value is -2.37. The van der Waals surface area contributed by atoms with Gasteiger partial charge in [0.1, 0.15) is 0 Å². The molecule has 6 nitrogen and oxygen atoms in total. The second kappa shape index (κ2) is 7.06. The number of hydrazine groups is 1. The summed E-state index contributed by atoms with van der Waals surface area (Å²) in [5.74, 6) is -3.56. The topological polar surface area (TPSA) is 98.3 Å². The molecule has 6 heteroatoms. The molecule has 0 unspecified atom stereocenters. The van der Waals surface area contributed by atoms with Crippen molar-refractivity contribution in [3.63, 3.8) is 0 Å². The zero-order valence-corrected chi connectivity index (χ0v) is 12.4. The summed E-state index contributed by atoms with van der Waals surface area (Å²) in [5.41, 5.74) is 6.02. The van der Waals surface area contributed by atoms with E-state index in [1.54, 1.807) is 18.2 Å². The van der Waals surface area contributed by atoms with E-state index in [9.17, 15) is 19.5 Å². The van der Waals surface area contributed by atoms with Gasteiger partial charge in [0.15, 0.2) is 0 Å². The van der Waals surface area contributed by atoms with Crippen molar-refractivity contribution in [3.8, 4) is 0 Å². The smallest absolute Gasteiger partial charge is 0.269 e. The third-order valence-electron chi connectivity index (χ3n) is 3.98. The van der Waals surface area contributed by atoms with Gasteiger partial charge in [0.2, 0.25) is 5.91 Å². The summed E-state index contributed by atoms with van der Waals surface area (Å²) in [6.07, 6.45) is 2.50. The van der Waals surface area contributed by atoms with Crippen LogP contribution in [-0.2, 0) is 9.59 Å². The van der Waals surface area contributed by atoms with Crippen LogP contribution in [0.1, 0.15) is 41.6 Å². The second-order valence-electron chi connectivity index (χ2n) is 5.63. The predicted octanol–water partition coefficient (Wildman–Crippen LogP) is 0.312. The third-order valence-corrected chi connectivity index (χ3v) is 3.98. The number of hydrogen-bond acceptors (Lipinski definition) is 4. The van der Waals surface area contributed by atoms with Gasteiger partial charge in [-0.25, -0.2) is 0 Å². The molecule has 1 aliphatic rings. The van der Waals surface area contributed by atoms with Crippen LogP contribution in [0.5, 0.6) is 0 Å². The highest BCUT2D eigenvalue weighted by Crippen LogP contribution is 2.29. The molecule has 0 saturated heterocycles.